The van der Waals surface area contributed by atoms with Crippen molar-refractivity contribution in [3.63, 3.8) is 0 Å². The predicted octanol–water partition coefficient (Wildman–Crippen LogP) is 1.82. The fraction of sp³-hybridized carbons (Fsp3) is 0.364. The van der Waals surface area contributed by atoms with E-state index < -0.39 is 12.1 Å². The van der Waals surface area contributed by atoms with Gasteiger partial charge in [0.1, 0.15) is 0 Å². The van der Waals surface area contributed by atoms with Crippen LogP contribution in [0.5, 0.6) is 0 Å². The van der Waals surface area contributed by atoms with Crippen LogP contribution in [0.15, 0.2) is 17.2 Å². The third-order valence-electron chi connectivity index (χ3n) is 2.46. The van der Waals surface area contributed by atoms with Gasteiger partial charge in [0.2, 0.25) is 0 Å². The quantitative estimate of drug-likeness (QED) is 0.845. The number of hydrogen-bond donors (Lipinski definition) is 0. The lowest BCUT2D eigenvalue weighted by molar-refractivity contribution is -0.236. The van der Waals surface area contributed by atoms with Crippen molar-refractivity contribution in [1.82, 2.24) is 15.2 Å². The Bertz CT molecular complexity index is 551. The second kappa shape index (κ2) is 5.45. The number of halogens is 3. The van der Waals surface area contributed by atoms with Gasteiger partial charge in [0.05, 0.1) is 6.54 Å². The first kappa shape index (κ1) is 14.3. The molecule has 0 spiro atoms. The molecule has 0 bridgehead atoms. The zero-order valence-electron chi connectivity index (χ0n) is 10.2. The zero-order valence-corrected chi connectivity index (χ0v) is 10.2. The largest absolute Gasteiger partial charge is 0.492 e. The molecule has 0 fully saturated rings. The minimum atomic E-state index is -5.03. The molecular weight excluding hydrogens is 279 g/mol. The lowest BCUT2D eigenvalue weighted by Gasteiger charge is -2.24. The normalized spacial score (nSPS) is 16.6. The lowest BCUT2D eigenvalue weighted by atomic mass is 10.1. The van der Waals surface area contributed by atoms with Gasteiger partial charge >= 0.3 is 12.1 Å². The topological polar surface area (TPSA) is 68.5 Å². The Morgan fingerprint density at radius 2 is 2.30 bits per heavy atom. The van der Waals surface area contributed by atoms with Crippen LogP contribution in [-0.4, -0.2) is 40.4 Å². The van der Waals surface area contributed by atoms with Gasteiger partial charge in [-0.15, -0.1) is 5.06 Å². The van der Waals surface area contributed by atoms with Crippen LogP contribution in [0.25, 0.3) is 11.6 Å². The second-order valence-electron chi connectivity index (χ2n) is 3.92. The Hall–Kier alpha value is -2.16. The van der Waals surface area contributed by atoms with Gasteiger partial charge in [-0.3, -0.25) is 0 Å². The first-order chi connectivity index (χ1) is 9.40. The van der Waals surface area contributed by atoms with Crippen molar-refractivity contribution >= 4 is 17.6 Å². The number of hydrogen-bond acceptors (Lipinski definition) is 6. The van der Waals surface area contributed by atoms with Crippen LogP contribution in [0.3, 0.4) is 0 Å². The number of nitrogens with zero attached hydrogens (tertiary/aromatic N) is 3. The third-order valence-corrected chi connectivity index (χ3v) is 2.46. The highest BCUT2D eigenvalue weighted by molar-refractivity contribution is 5.75. The first-order valence-electron chi connectivity index (χ1n) is 5.60. The molecule has 0 amide bonds. The van der Waals surface area contributed by atoms with Gasteiger partial charge in [0.25, 0.3) is 5.89 Å². The van der Waals surface area contributed by atoms with Crippen molar-refractivity contribution in [2.24, 2.45) is 0 Å². The molecule has 1 aromatic heterocycles. The molecule has 0 radical (unpaired) electrons. The Kier molecular flexibility index (Phi) is 3.89. The van der Waals surface area contributed by atoms with Crippen molar-refractivity contribution in [3.8, 4) is 0 Å². The van der Waals surface area contributed by atoms with E-state index in [0.717, 1.165) is 5.06 Å². The highest BCUT2D eigenvalue weighted by atomic mass is 19.4. The minimum Gasteiger partial charge on any atom is -0.360 e. The van der Waals surface area contributed by atoms with E-state index in [1.54, 1.807) is 6.08 Å². The van der Waals surface area contributed by atoms with Crippen molar-refractivity contribution < 1.29 is 27.3 Å². The van der Waals surface area contributed by atoms with Crippen LogP contribution in [0.2, 0.25) is 0 Å². The van der Waals surface area contributed by atoms with Crippen molar-refractivity contribution in [2.45, 2.75) is 12.6 Å². The summed E-state index contributed by atoms with van der Waals surface area (Å²) < 4.78 is 41.2. The maximum Gasteiger partial charge on any atom is 0.492 e. The molecule has 2 rings (SSSR count). The maximum absolute atomic E-state index is 12.1. The maximum atomic E-state index is 12.1. The third kappa shape index (κ3) is 3.23. The van der Waals surface area contributed by atoms with E-state index in [1.165, 1.54) is 6.08 Å². The van der Waals surface area contributed by atoms with E-state index in [1.807, 2.05) is 0 Å². The number of carbonyl (C=O) groups is 1. The molecule has 1 aliphatic heterocycles. The number of aromatic nitrogens is 2. The summed E-state index contributed by atoms with van der Waals surface area (Å²) in [5, 5.41) is 4.49. The molecule has 2 heterocycles. The van der Waals surface area contributed by atoms with E-state index >= 15 is 0 Å². The second-order valence-corrected chi connectivity index (χ2v) is 3.92. The van der Waals surface area contributed by atoms with Gasteiger partial charge in [-0.05, 0) is 12.5 Å². The van der Waals surface area contributed by atoms with Crippen LogP contribution >= 0.6 is 0 Å². The SMILES string of the molecule is C=Cc1noc(C2=CCCN(OC(=O)C(F)(F)F)C2)n1. The average Bonchev–Trinajstić information content (AvgIpc) is 2.86. The van der Waals surface area contributed by atoms with Gasteiger partial charge < -0.3 is 9.36 Å². The summed E-state index contributed by atoms with van der Waals surface area (Å²) in [7, 11) is 0. The molecule has 20 heavy (non-hydrogen) atoms. The molecule has 0 N–H and O–H groups in total. The summed E-state index contributed by atoms with van der Waals surface area (Å²) in [5.41, 5.74) is 0.492. The molecule has 0 saturated heterocycles. The summed E-state index contributed by atoms with van der Waals surface area (Å²) in [5.74, 6) is -1.82. The van der Waals surface area contributed by atoms with Crippen LogP contribution < -0.4 is 0 Å². The predicted molar refractivity (Wildman–Crippen MR) is 60.7 cm³/mol. The van der Waals surface area contributed by atoms with Crippen LogP contribution in [0, 0.1) is 0 Å². The summed E-state index contributed by atoms with van der Waals surface area (Å²) in [6.45, 7) is 3.57. The van der Waals surface area contributed by atoms with E-state index in [-0.39, 0.29) is 24.8 Å². The van der Waals surface area contributed by atoms with Gasteiger partial charge in [0, 0.05) is 12.1 Å². The molecule has 0 atom stereocenters. The fourth-order valence-electron chi connectivity index (χ4n) is 1.57. The molecule has 0 aromatic carbocycles. The minimum absolute atomic E-state index is 0.0550. The summed E-state index contributed by atoms with van der Waals surface area (Å²) >= 11 is 0. The molecule has 1 aliphatic rings. The average molecular weight is 289 g/mol. The molecule has 0 unspecified atom stereocenters. The van der Waals surface area contributed by atoms with Crippen molar-refractivity contribution in [3.05, 3.63) is 24.4 Å². The molecule has 0 aliphatic carbocycles. The van der Waals surface area contributed by atoms with E-state index in [4.69, 9.17) is 4.52 Å². The van der Waals surface area contributed by atoms with Crippen molar-refractivity contribution in [1.29, 1.82) is 0 Å². The molecule has 1 aromatic rings. The number of alkyl halides is 3. The Labute approximate surface area is 111 Å². The highest BCUT2D eigenvalue weighted by Crippen LogP contribution is 2.22. The van der Waals surface area contributed by atoms with Crippen molar-refractivity contribution in [2.75, 3.05) is 13.1 Å². The molecule has 9 heteroatoms. The van der Waals surface area contributed by atoms with Crippen LogP contribution in [0.1, 0.15) is 18.1 Å². The van der Waals surface area contributed by atoms with Gasteiger partial charge in [-0.2, -0.15) is 18.2 Å². The summed E-state index contributed by atoms with van der Waals surface area (Å²) in [4.78, 5) is 19.0. The number of hydroxylamine groups is 2. The molecule has 108 valence electrons. The Morgan fingerprint density at radius 1 is 1.55 bits per heavy atom. The zero-order chi connectivity index (χ0) is 14.8. The van der Waals surface area contributed by atoms with E-state index in [2.05, 4.69) is 21.6 Å². The van der Waals surface area contributed by atoms with E-state index in [0.29, 0.717) is 12.0 Å². The van der Waals surface area contributed by atoms with Crippen LogP contribution in [0.4, 0.5) is 13.2 Å². The summed E-state index contributed by atoms with van der Waals surface area (Å²) in [6, 6.07) is 0. The smallest absolute Gasteiger partial charge is 0.360 e. The Morgan fingerprint density at radius 3 is 2.90 bits per heavy atom. The monoisotopic (exact) mass is 289 g/mol. The van der Waals surface area contributed by atoms with Gasteiger partial charge in [-0.1, -0.05) is 17.8 Å². The van der Waals surface area contributed by atoms with Gasteiger partial charge in [0.15, 0.2) is 5.82 Å². The standard InChI is InChI=1S/C11H10F3N3O3/c1-2-8-15-9(19-16-8)7-4-3-5-17(6-7)20-10(18)11(12,13)14/h2,4H,1,3,5-6H2. The highest BCUT2D eigenvalue weighted by Gasteiger charge is 2.42. The number of carbonyl (C=O) groups excluding carboxylic acids is 1. The Balaban J connectivity index is 2.03. The number of rotatable bonds is 3. The molecule has 0 saturated carbocycles. The van der Waals surface area contributed by atoms with E-state index in [9.17, 15) is 18.0 Å². The first-order valence-corrected chi connectivity index (χ1v) is 5.60. The molecular formula is C11H10F3N3O3. The fourth-order valence-corrected chi connectivity index (χ4v) is 1.57. The van der Waals surface area contributed by atoms with Gasteiger partial charge in [-0.25, -0.2) is 4.79 Å². The lowest BCUT2D eigenvalue weighted by Crippen LogP contribution is -2.37. The van der Waals surface area contributed by atoms with Crippen LogP contribution in [-0.2, 0) is 9.63 Å². The molecule has 6 nitrogen and oxygen atoms in total. The summed E-state index contributed by atoms with van der Waals surface area (Å²) in [6.07, 6.45) is -1.52.